The summed E-state index contributed by atoms with van der Waals surface area (Å²) < 4.78 is 55.0. The number of carbonyl (C=O) groups is 2. The quantitative estimate of drug-likeness (QED) is 0.310. The van der Waals surface area contributed by atoms with E-state index in [2.05, 4.69) is 10.3 Å². The third kappa shape index (κ3) is 8.80. The van der Waals surface area contributed by atoms with Gasteiger partial charge in [0.25, 0.3) is 5.91 Å². The van der Waals surface area contributed by atoms with Crippen LogP contribution in [0.15, 0.2) is 18.0 Å². The molecule has 0 unspecified atom stereocenters. The van der Waals surface area contributed by atoms with E-state index in [4.69, 9.17) is 9.47 Å². The molecule has 0 bridgehead atoms. The van der Waals surface area contributed by atoms with E-state index in [-0.39, 0.29) is 43.4 Å². The van der Waals surface area contributed by atoms with Crippen molar-refractivity contribution in [3.05, 3.63) is 29.4 Å². The molecule has 0 aromatic carbocycles. The largest absolute Gasteiger partial charge is 0.444 e. The Balaban J connectivity index is 1.98. The van der Waals surface area contributed by atoms with Crippen molar-refractivity contribution < 1.29 is 32.2 Å². The van der Waals surface area contributed by atoms with Gasteiger partial charge in [-0.2, -0.15) is 0 Å². The van der Waals surface area contributed by atoms with Gasteiger partial charge < -0.3 is 19.3 Å². The molecular weight excluding hydrogens is 539 g/mol. The molecule has 12 heteroatoms. The standard InChI is InChI=1S/C29H44F3N5O4/c1-19(2)16-36(21-15-20(26(31)32)17-35(18-21)28(39)41-29(3,4)5)27(38)25-24(13-9-10-14-40-6)37(34-33-25)23-12-8-7-11-22(23)30/h11-12,19-21,26H,7-10,13-18H2,1-6H3/t20-,21+/m1/s1. The molecule has 2 amide bonds. The molecule has 2 heterocycles. The maximum Gasteiger partial charge on any atom is 0.410 e. The summed E-state index contributed by atoms with van der Waals surface area (Å²) in [5, 5.41) is 8.38. The van der Waals surface area contributed by atoms with Gasteiger partial charge in [-0.3, -0.25) is 4.79 Å². The first kappa shape index (κ1) is 32.6. The zero-order valence-corrected chi connectivity index (χ0v) is 25.0. The highest BCUT2D eigenvalue weighted by Gasteiger charge is 2.41. The lowest BCUT2D eigenvalue weighted by Gasteiger charge is -2.43. The van der Waals surface area contributed by atoms with E-state index in [1.807, 2.05) is 13.8 Å². The predicted molar refractivity (Wildman–Crippen MR) is 149 cm³/mol. The Labute approximate surface area is 240 Å². The number of nitrogens with zero attached hydrogens (tertiary/aromatic N) is 5. The number of hydrogen-bond donors (Lipinski definition) is 0. The van der Waals surface area contributed by atoms with Crippen LogP contribution in [0.3, 0.4) is 0 Å². The van der Waals surface area contributed by atoms with Crippen LogP contribution in [-0.2, 0) is 15.9 Å². The topological polar surface area (TPSA) is 89.8 Å². The Hall–Kier alpha value is -2.89. The fourth-order valence-corrected chi connectivity index (χ4v) is 5.17. The highest BCUT2D eigenvalue weighted by atomic mass is 19.3. The van der Waals surface area contributed by atoms with Gasteiger partial charge in [0, 0.05) is 39.3 Å². The number of likely N-dealkylation sites (tertiary alicyclic amines) is 1. The van der Waals surface area contributed by atoms with E-state index in [0.717, 1.165) is 0 Å². The molecule has 230 valence electrons. The number of piperidine rings is 1. The molecule has 41 heavy (non-hydrogen) atoms. The van der Waals surface area contributed by atoms with Crippen LogP contribution in [0, 0.1) is 11.8 Å². The molecule has 9 nitrogen and oxygen atoms in total. The first-order valence-corrected chi connectivity index (χ1v) is 14.4. The van der Waals surface area contributed by atoms with Gasteiger partial charge in [-0.15, -0.1) is 5.10 Å². The summed E-state index contributed by atoms with van der Waals surface area (Å²) in [6, 6.07) is -0.692. The lowest BCUT2D eigenvalue weighted by atomic mass is 9.92. The first-order chi connectivity index (χ1) is 19.3. The van der Waals surface area contributed by atoms with Gasteiger partial charge in [-0.05, 0) is 71.3 Å². The highest BCUT2D eigenvalue weighted by Crippen LogP contribution is 2.31. The molecule has 1 aliphatic carbocycles. The van der Waals surface area contributed by atoms with Gasteiger partial charge >= 0.3 is 6.09 Å². The molecule has 3 rings (SSSR count). The number of rotatable bonds is 11. The van der Waals surface area contributed by atoms with E-state index < -0.39 is 41.8 Å². The number of ether oxygens (including phenoxy) is 2. The Morgan fingerprint density at radius 3 is 2.46 bits per heavy atom. The summed E-state index contributed by atoms with van der Waals surface area (Å²) in [5.74, 6) is -2.03. The van der Waals surface area contributed by atoms with Crippen molar-refractivity contribution in [3.8, 4) is 0 Å². The fraction of sp³-hybridized carbons (Fsp3) is 0.724. The van der Waals surface area contributed by atoms with Gasteiger partial charge in [0.2, 0.25) is 6.43 Å². The molecule has 1 aromatic heterocycles. The summed E-state index contributed by atoms with van der Waals surface area (Å²) in [5.41, 5.74) is -0.0375. The minimum Gasteiger partial charge on any atom is -0.444 e. The summed E-state index contributed by atoms with van der Waals surface area (Å²) in [4.78, 5) is 29.9. The van der Waals surface area contributed by atoms with E-state index in [1.165, 1.54) is 20.6 Å². The maximum absolute atomic E-state index is 14.8. The molecular formula is C29H44F3N5O4. The number of alkyl halides is 2. The molecule has 1 fully saturated rings. The van der Waals surface area contributed by atoms with Crippen LogP contribution < -0.4 is 0 Å². The third-order valence-electron chi connectivity index (χ3n) is 7.01. The number of unbranched alkanes of at least 4 members (excludes halogenated alkanes) is 1. The van der Waals surface area contributed by atoms with Crippen molar-refractivity contribution >= 4 is 17.7 Å². The van der Waals surface area contributed by atoms with Crippen molar-refractivity contribution in [2.45, 2.75) is 91.2 Å². The molecule has 0 saturated carbocycles. The Morgan fingerprint density at radius 1 is 1.15 bits per heavy atom. The average molecular weight is 584 g/mol. The molecule has 2 aliphatic rings. The number of hydrogen-bond acceptors (Lipinski definition) is 6. The number of carbonyl (C=O) groups excluding carboxylic acids is 2. The molecule has 1 aromatic rings. The van der Waals surface area contributed by atoms with Gasteiger partial charge in [0.1, 0.15) is 11.4 Å². The Bertz CT molecular complexity index is 1110. The predicted octanol–water partition coefficient (Wildman–Crippen LogP) is 5.72. The molecule has 0 radical (unpaired) electrons. The summed E-state index contributed by atoms with van der Waals surface area (Å²) in [7, 11) is 1.61. The zero-order chi connectivity index (χ0) is 30.3. The van der Waals surface area contributed by atoms with E-state index in [9.17, 15) is 22.8 Å². The molecule has 0 N–H and O–H groups in total. The fourth-order valence-electron chi connectivity index (χ4n) is 5.17. The van der Waals surface area contributed by atoms with Crippen LogP contribution in [0.2, 0.25) is 0 Å². The number of halogens is 3. The molecule has 2 atom stereocenters. The van der Waals surface area contributed by atoms with Gasteiger partial charge in [-0.1, -0.05) is 25.1 Å². The van der Waals surface area contributed by atoms with Crippen LogP contribution >= 0.6 is 0 Å². The first-order valence-electron chi connectivity index (χ1n) is 14.4. The van der Waals surface area contributed by atoms with Crippen molar-refractivity contribution in [2.75, 3.05) is 33.4 Å². The second kappa shape index (κ2) is 14.3. The molecule has 1 aliphatic heterocycles. The minimum atomic E-state index is -2.68. The lowest BCUT2D eigenvalue weighted by Crippen LogP contribution is -2.56. The van der Waals surface area contributed by atoms with Crippen LogP contribution in [0.1, 0.15) is 82.9 Å². The third-order valence-corrected chi connectivity index (χ3v) is 7.01. The van der Waals surface area contributed by atoms with Crippen molar-refractivity contribution in [1.29, 1.82) is 0 Å². The summed E-state index contributed by atoms with van der Waals surface area (Å²) >= 11 is 0. The van der Waals surface area contributed by atoms with Gasteiger partial charge in [0.05, 0.1) is 17.4 Å². The molecule has 0 spiro atoms. The smallest absolute Gasteiger partial charge is 0.410 e. The van der Waals surface area contributed by atoms with Crippen molar-refractivity contribution in [3.63, 3.8) is 0 Å². The van der Waals surface area contributed by atoms with Crippen LogP contribution in [0.25, 0.3) is 5.70 Å². The Kier molecular flexibility index (Phi) is 11.4. The second-order valence-corrected chi connectivity index (χ2v) is 12.2. The average Bonchev–Trinajstić information content (AvgIpc) is 3.31. The van der Waals surface area contributed by atoms with Gasteiger partial charge in [-0.25, -0.2) is 22.6 Å². The monoisotopic (exact) mass is 583 g/mol. The van der Waals surface area contributed by atoms with Crippen LogP contribution in [0.5, 0.6) is 0 Å². The SMILES string of the molecule is COCCCCc1c(C(=O)N(CC(C)C)[C@H]2C[C@@H](C(F)F)CN(C(=O)OC(C)(C)C)C2)nnn1C1=CCCC=C1F. The number of methoxy groups -OCH3 is 1. The van der Waals surface area contributed by atoms with Crippen molar-refractivity contribution in [2.24, 2.45) is 11.8 Å². The zero-order valence-electron chi connectivity index (χ0n) is 25.0. The summed E-state index contributed by atoms with van der Waals surface area (Å²) in [6.07, 6.45) is 2.83. The lowest BCUT2D eigenvalue weighted by molar-refractivity contribution is -0.0260. The van der Waals surface area contributed by atoms with E-state index >= 15 is 0 Å². The number of amides is 2. The van der Waals surface area contributed by atoms with E-state index in [0.29, 0.717) is 44.4 Å². The maximum atomic E-state index is 14.8. The second-order valence-electron chi connectivity index (χ2n) is 12.2. The van der Waals surface area contributed by atoms with Gasteiger partial charge in [0.15, 0.2) is 5.69 Å². The minimum absolute atomic E-state index is 0.00230. The number of aromatic nitrogens is 3. The molecule has 1 saturated heterocycles. The summed E-state index contributed by atoms with van der Waals surface area (Å²) in [6.45, 7) is 9.66. The van der Waals surface area contributed by atoms with Crippen molar-refractivity contribution in [1.82, 2.24) is 24.8 Å². The van der Waals surface area contributed by atoms with E-state index in [1.54, 1.807) is 34.0 Å². The van der Waals surface area contributed by atoms with Crippen LogP contribution in [0.4, 0.5) is 18.0 Å². The van der Waals surface area contributed by atoms with Crippen LogP contribution in [-0.4, -0.2) is 88.2 Å². The highest BCUT2D eigenvalue weighted by molar-refractivity contribution is 5.94. The normalized spacial score (nSPS) is 19.8. The number of allylic oxidation sites excluding steroid dienone is 4. The Morgan fingerprint density at radius 2 is 1.85 bits per heavy atom.